The van der Waals surface area contributed by atoms with Crippen molar-refractivity contribution < 1.29 is 19.0 Å². The van der Waals surface area contributed by atoms with Gasteiger partial charge in [-0.3, -0.25) is 4.90 Å². The molecule has 0 spiro atoms. The molecule has 19 heavy (non-hydrogen) atoms. The van der Waals surface area contributed by atoms with Crippen molar-refractivity contribution in [2.45, 2.75) is 44.2 Å². The molecule has 4 atom stereocenters. The van der Waals surface area contributed by atoms with Crippen molar-refractivity contribution in [3.05, 3.63) is 25.3 Å². The van der Waals surface area contributed by atoms with Gasteiger partial charge in [-0.15, -0.1) is 13.2 Å². The van der Waals surface area contributed by atoms with Gasteiger partial charge < -0.3 is 19.0 Å². The Morgan fingerprint density at radius 2 is 1.84 bits per heavy atom. The van der Waals surface area contributed by atoms with Crippen molar-refractivity contribution in [3.8, 4) is 0 Å². The third-order valence-corrected chi connectivity index (χ3v) is 3.34. The van der Waals surface area contributed by atoms with Crippen molar-refractivity contribution >= 4 is 6.29 Å². The predicted octanol–water partition coefficient (Wildman–Crippen LogP) is 1.10. The number of aldehydes is 1. The van der Waals surface area contributed by atoms with E-state index in [1.807, 2.05) is 13.8 Å². The fourth-order valence-electron chi connectivity index (χ4n) is 2.69. The summed E-state index contributed by atoms with van der Waals surface area (Å²) in [4.78, 5) is 13.3. The van der Waals surface area contributed by atoms with Gasteiger partial charge >= 0.3 is 0 Å². The Morgan fingerprint density at radius 3 is 2.37 bits per heavy atom. The molecule has 0 aromatic rings. The highest BCUT2D eigenvalue weighted by atomic mass is 16.8. The molecule has 5 heteroatoms. The molecular formula is C14H21NO4. The molecule has 0 N–H and O–H groups in total. The highest BCUT2D eigenvalue weighted by Gasteiger charge is 2.56. The van der Waals surface area contributed by atoms with Gasteiger partial charge in [-0.05, 0) is 13.8 Å². The summed E-state index contributed by atoms with van der Waals surface area (Å²) in [5.41, 5.74) is 0. The van der Waals surface area contributed by atoms with E-state index in [0.717, 1.165) is 6.29 Å². The molecule has 2 saturated heterocycles. The van der Waals surface area contributed by atoms with Gasteiger partial charge in [0.15, 0.2) is 18.4 Å². The smallest absolute Gasteiger partial charge is 0.189 e. The third-order valence-electron chi connectivity index (χ3n) is 3.34. The molecule has 0 radical (unpaired) electrons. The summed E-state index contributed by atoms with van der Waals surface area (Å²) in [5.74, 6) is -0.685. The van der Waals surface area contributed by atoms with Crippen molar-refractivity contribution in [3.63, 3.8) is 0 Å². The topological polar surface area (TPSA) is 48.0 Å². The van der Waals surface area contributed by atoms with Gasteiger partial charge in [0.05, 0.1) is 6.04 Å². The lowest BCUT2D eigenvalue weighted by Gasteiger charge is -2.32. The van der Waals surface area contributed by atoms with Crippen LogP contribution in [0.25, 0.3) is 0 Å². The largest absolute Gasteiger partial charge is 0.340 e. The minimum absolute atomic E-state index is 0.180. The minimum Gasteiger partial charge on any atom is -0.340 e. The fraction of sp³-hybridized carbons (Fsp3) is 0.643. The molecule has 5 nitrogen and oxygen atoms in total. The van der Waals surface area contributed by atoms with E-state index in [4.69, 9.17) is 14.2 Å². The van der Waals surface area contributed by atoms with Crippen LogP contribution < -0.4 is 0 Å². The van der Waals surface area contributed by atoms with Crippen LogP contribution in [0, 0.1) is 0 Å². The molecule has 0 unspecified atom stereocenters. The molecule has 0 amide bonds. The van der Waals surface area contributed by atoms with Crippen LogP contribution in [0.3, 0.4) is 0 Å². The monoisotopic (exact) mass is 267 g/mol. The van der Waals surface area contributed by atoms with E-state index < -0.39 is 18.2 Å². The Bertz CT molecular complexity index is 358. The van der Waals surface area contributed by atoms with E-state index in [-0.39, 0.29) is 12.1 Å². The SMILES string of the molecule is C=CCN(CC=C)[C@H]1[C@H]2OC(C)(C)O[C@H]2O[C@@H]1C=O. The van der Waals surface area contributed by atoms with Crippen molar-refractivity contribution in [2.24, 2.45) is 0 Å². The van der Waals surface area contributed by atoms with Gasteiger partial charge in [-0.2, -0.15) is 0 Å². The van der Waals surface area contributed by atoms with Crippen LogP contribution in [0.15, 0.2) is 25.3 Å². The summed E-state index contributed by atoms with van der Waals surface area (Å²) < 4.78 is 17.2. The van der Waals surface area contributed by atoms with Crippen molar-refractivity contribution in [2.75, 3.05) is 13.1 Å². The van der Waals surface area contributed by atoms with Crippen LogP contribution >= 0.6 is 0 Å². The van der Waals surface area contributed by atoms with E-state index in [9.17, 15) is 4.79 Å². The molecule has 106 valence electrons. The number of rotatable bonds is 6. The van der Waals surface area contributed by atoms with Gasteiger partial charge in [0.2, 0.25) is 0 Å². The first kappa shape index (κ1) is 14.4. The maximum atomic E-state index is 11.2. The summed E-state index contributed by atoms with van der Waals surface area (Å²) in [6.45, 7) is 12.4. The first-order valence-corrected chi connectivity index (χ1v) is 6.44. The summed E-state index contributed by atoms with van der Waals surface area (Å²) in [6, 6.07) is -0.180. The summed E-state index contributed by atoms with van der Waals surface area (Å²) in [6.07, 6.45) is 3.07. The fourth-order valence-corrected chi connectivity index (χ4v) is 2.69. The lowest BCUT2D eigenvalue weighted by molar-refractivity contribution is -0.208. The Balaban J connectivity index is 2.20. The van der Waals surface area contributed by atoms with Crippen molar-refractivity contribution in [1.29, 1.82) is 0 Å². The number of hydrogen-bond donors (Lipinski definition) is 0. The van der Waals surface area contributed by atoms with Crippen LogP contribution in [0.2, 0.25) is 0 Å². The summed E-state index contributed by atoms with van der Waals surface area (Å²) >= 11 is 0. The molecular weight excluding hydrogens is 246 g/mol. The van der Waals surface area contributed by atoms with Crippen molar-refractivity contribution in [1.82, 2.24) is 4.90 Å². The van der Waals surface area contributed by atoms with Crippen LogP contribution in [-0.4, -0.2) is 54.6 Å². The van der Waals surface area contributed by atoms with Crippen LogP contribution in [-0.2, 0) is 19.0 Å². The molecule has 2 aliphatic heterocycles. The average Bonchev–Trinajstić information content (AvgIpc) is 2.80. The Hall–Kier alpha value is -1.01. The predicted molar refractivity (Wildman–Crippen MR) is 70.5 cm³/mol. The lowest BCUT2D eigenvalue weighted by Crippen LogP contribution is -2.49. The first-order chi connectivity index (χ1) is 9.02. The molecule has 0 aromatic heterocycles. The molecule has 0 aliphatic carbocycles. The average molecular weight is 267 g/mol. The molecule has 2 fully saturated rings. The van der Waals surface area contributed by atoms with Gasteiger partial charge in [0, 0.05) is 13.1 Å². The van der Waals surface area contributed by atoms with Gasteiger partial charge in [-0.1, -0.05) is 12.2 Å². The van der Waals surface area contributed by atoms with E-state index in [0.29, 0.717) is 13.1 Å². The zero-order valence-corrected chi connectivity index (χ0v) is 11.5. The number of carbonyl (C=O) groups excluding carboxylic acids is 1. The first-order valence-electron chi connectivity index (χ1n) is 6.44. The summed E-state index contributed by atoms with van der Waals surface area (Å²) in [7, 11) is 0. The molecule has 2 aliphatic rings. The molecule has 0 bridgehead atoms. The van der Waals surface area contributed by atoms with Gasteiger partial charge in [-0.25, -0.2) is 0 Å². The second-order valence-electron chi connectivity index (χ2n) is 5.23. The highest BCUT2D eigenvalue weighted by molar-refractivity contribution is 5.58. The van der Waals surface area contributed by atoms with Crippen LogP contribution in [0.4, 0.5) is 0 Å². The zero-order chi connectivity index (χ0) is 14.0. The van der Waals surface area contributed by atoms with E-state index in [1.54, 1.807) is 12.2 Å². The second kappa shape index (κ2) is 5.54. The third kappa shape index (κ3) is 2.79. The van der Waals surface area contributed by atoms with E-state index in [1.165, 1.54) is 0 Å². The summed E-state index contributed by atoms with van der Waals surface area (Å²) in [5, 5.41) is 0. The molecule has 0 saturated carbocycles. The quantitative estimate of drug-likeness (QED) is 0.533. The highest BCUT2D eigenvalue weighted by Crippen LogP contribution is 2.38. The lowest BCUT2D eigenvalue weighted by atomic mass is 10.1. The molecule has 2 rings (SSSR count). The number of fused-ring (bicyclic) bond motifs is 1. The molecule has 2 heterocycles. The number of nitrogens with zero attached hydrogens (tertiary/aromatic N) is 1. The standard InChI is InChI=1S/C14H21NO4/c1-5-7-15(8-6-2)11-10(9-16)17-13-12(11)18-14(3,4)19-13/h5-6,9-13H,1-2,7-8H2,3-4H3/t10-,11-,12-,13-/m1/s1. The minimum atomic E-state index is -0.685. The number of ether oxygens (including phenoxy) is 3. The Labute approximate surface area is 113 Å². The normalized spacial score (nSPS) is 36.2. The molecule has 0 aromatic carbocycles. The van der Waals surface area contributed by atoms with Gasteiger partial charge in [0.1, 0.15) is 12.2 Å². The maximum absolute atomic E-state index is 11.2. The maximum Gasteiger partial charge on any atom is 0.189 e. The Kier molecular flexibility index (Phi) is 4.20. The zero-order valence-electron chi connectivity index (χ0n) is 11.5. The van der Waals surface area contributed by atoms with Crippen LogP contribution in [0.5, 0.6) is 0 Å². The van der Waals surface area contributed by atoms with E-state index >= 15 is 0 Å². The number of hydrogen-bond acceptors (Lipinski definition) is 5. The Morgan fingerprint density at radius 1 is 1.21 bits per heavy atom. The second-order valence-corrected chi connectivity index (χ2v) is 5.23. The van der Waals surface area contributed by atoms with Gasteiger partial charge in [0.25, 0.3) is 0 Å². The number of carbonyl (C=O) groups is 1. The van der Waals surface area contributed by atoms with E-state index in [2.05, 4.69) is 18.1 Å². The van der Waals surface area contributed by atoms with Crippen LogP contribution in [0.1, 0.15) is 13.8 Å².